The molecule has 0 amide bonds. The van der Waals surface area contributed by atoms with Gasteiger partial charge in [-0.3, -0.25) is 4.72 Å². The summed E-state index contributed by atoms with van der Waals surface area (Å²) in [6.45, 7) is 8.31. The second-order valence-corrected chi connectivity index (χ2v) is 11.2. The van der Waals surface area contributed by atoms with Crippen molar-refractivity contribution in [2.24, 2.45) is 0 Å². The number of hydrogen-bond donors (Lipinski definition) is 2. The first-order chi connectivity index (χ1) is 17.1. The fourth-order valence-electron chi connectivity index (χ4n) is 4.01. The topological polar surface area (TPSA) is 88.3 Å². The van der Waals surface area contributed by atoms with Crippen molar-refractivity contribution in [1.29, 1.82) is 0 Å². The highest BCUT2D eigenvalue weighted by molar-refractivity contribution is 7.92. The zero-order chi connectivity index (χ0) is 25.9. The minimum Gasteiger partial charge on any atom is -0.463 e. The van der Waals surface area contributed by atoms with Gasteiger partial charge in [0.1, 0.15) is 0 Å². The van der Waals surface area contributed by atoms with Gasteiger partial charge in [0.2, 0.25) is 0 Å². The molecule has 0 unspecified atom stereocenters. The number of H-pyrrole nitrogens is 1. The van der Waals surface area contributed by atoms with Crippen LogP contribution in [0.5, 0.6) is 0 Å². The van der Waals surface area contributed by atoms with E-state index >= 15 is 0 Å². The van der Waals surface area contributed by atoms with Crippen molar-refractivity contribution >= 4 is 38.7 Å². The number of sulfonamides is 1. The smallest absolute Gasteiger partial charge is 0.330 e. The molecule has 2 N–H and O–H groups in total. The van der Waals surface area contributed by atoms with Crippen molar-refractivity contribution < 1.29 is 17.9 Å². The highest BCUT2D eigenvalue weighted by atomic mass is 32.2. The molecule has 1 heterocycles. The predicted octanol–water partition coefficient (Wildman–Crippen LogP) is 6.51. The van der Waals surface area contributed by atoms with Gasteiger partial charge in [0.15, 0.2) is 0 Å². The van der Waals surface area contributed by atoms with Gasteiger partial charge in [0.05, 0.1) is 11.5 Å². The van der Waals surface area contributed by atoms with Gasteiger partial charge in [-0.05, 0) is 59.9 Å². The summed E-state index contributed by atoms with van der Waals surface area (Å²) in [4.78, 5) is 15.4. The average Bonchev–Trinajstić information content (AvgIpc) is 3.20. The van der Waals surface area contributed by atoms with Crippen molar-refractivity contribution in [3.63, 3.8) is 0 Å². The van der Waals surface area contributed by atoms with Gasteiger partial charge in [0, 0.05) is 33.9 Å². The Morgan fingerprint density at radius 2 is 1.69 bits per heavy atom. The summed E-state index contributed by atoms with van der Waals surface area (Å²) < 4.78 is 33.9. The van der Waals surface area contributed by atoms with Crippen LogP contribution in [0.4, 0.5) is 5.69 Å². The maximum absolute atomic E-state index is 13.1. The molecule has 0 radical (unpaired) electrons. The Morgan fingerprint density at radius 3 is 2.33 bits per heavy atom. The van der Waals surface area contributed by atoms with E-state index in [0.29, 0.717) is 12.3 Å². The van der Waals surface area contributed by atoms with Crippen LogP contribution >= 0.6 is 0 Å². The number of rotatable bonds is 7. The first-order valence-electron chi connectivity index (χ1n) is 11.8. The van der Waals surface area contributed by atoms with Crippen LogP contribution in [0.25, 0.3) is 28.1 Å². The van der Waals surface area contributed by atoms with E-state index in [1.165, 1.54) is 6.08 Å². The van der Waals surface area contributed by atoms with Gasteiger partial charge < -0.3 is 9.72 Å². The quantitative estimate of drug-likeness (QED) is 0.223. The SMILES string of the molecule is CCOC(=O)C=Cc1[nH]c2ccc(NS(=O)(=O)c3ccc(C(C)(C)C)cc3)cc2c1-c1ccccc1. The minimum absolute atomic E-state index is 0.0672. The molecule has 0 atom stereocenters. The second kappa shape index (κ2) is 10.0. The van der Waals surface area contributed by atoms with Gasteiger partial charge in [0.25, 0.3) is 10.0 Å². The molecule has 6 nitrogen and oxygen atoms in total. The van der Waals surface area contributed by atoms with Crippen LogP contribution in [-0.4, -0.2) is 26.0 Å². The Bertz CT molecular complexity index is 1510. The molecule has 0 aliphatic carbocycles. The van der Waals surface area contributed by atoms with E-state index in [4.69, 9.17) is 4.74 Å². The molecule has 7 heteroatoms. The van der Waals surface area contributed by atoms with Crippen LogP contribution in [0.3, 0.4) is 0 Å². The molecular formula is C29H30N2O4S. The van der Waals surface area contributed by atoms with Crippen LogP contribution in [0.1, 0.15) is 39.0 Å². The van der Waals surface area contributed by atoms with E-state index < -0.39 is 16.0 Å². The summed E-state index contributed by atoms with van der Waals surface area (Å²) in [5, 5.41) is 0.827. The molecule has 0 spiro atoms. The summed E-state index contributed by atoms with van der Waals surface area (Å²) in [5.74, 6) is -0.430. The molecule has 186 valence electrons. The number of aromatic amines is 1. The normalized spacial score (nSPS) is 12.2. The Morgan fingerprint density at radius 1 is 1.00 bits per heavy atom. The lowest BCUT2D eigenvalue weighted by Gasteiger charge is -2.19. The summed E-state index contributed by atoms with van der Waals surface area (Å²) in [6.07, 6.45) is 3.06. The van der Waals surface area contributed by atoms with Crippen molar-refractivity contribution in [2.45, 2.75) is 38.0 Å². The summed E-state index contributed by atoms with van der Waals surface area (Å²) in [7, 11) is -3.78. The van der Waals surface area contributed by atoms with Crippen LogP contribution in [0.15, 0.2) is 83.8 Å². The Balaban J connectivity index is 1.73. The van der Waals surface area contributed by atoms with Crippen LogP contribution < -0.4 is 4.72 Å². The minimum atomic E-state index is -3.78. The lowest BCUT2D eigenvalue weighted by atomic mass is 9.87. The van der Waals surface area contributed by atoms with Gasteiger partial charge in [-0.25, -0.2) is 13.2 Å². The zero-order valence-electron chi connectivity index (χ0n) is 20.8. The summed E-state index contributed by atoms with van der Waals surface area (Å²) in [5.41, 5.74) is 4.77. The molecule has 1 aromatic heterocycles. The number of nitrogens with one attached hydrogen (secondary N) is 2. The fourth-order valence-corrected chi connectivity index (χ4v) is 5.06. The Labute approximate surface area is 212 Å². The lowest BCUT2D eigenvalue weighted by molar-refractivity contribution is -0.137. The maximum Gasteiger partial charge on any atom is 0.330 e. The number of fused-ring (bicyclic) bond motifs is 1. The molecule has 0 saturated carbocycles. The molecule has 4 rings (SSSR count). The van der Waals surface area contributed by atoms with Crippen molar-refractivity contribution in [3.8, 4) is 11.1 Å². The van der Waals surface area contributed by atoms with Crippen LogP contribution in [0.2, 0.25) is 0 Å². The highest BCUT2D eigenvalue weighted by Crippen LogP contribution is 2.35. The Hall–Kier alpha value is -3.84. The lowest BCUT2D eigenvalue weighted by Crippen LogP contribution is -2.14. The third-order valence-electron chi connectivity index (χ3n) is 5.85. The number of carbonyl (C=O) groups excluding carboxylic acids is 1. The maximum atomic E-state index is 13.1. The van der Waals surface area contributed by atoms with E-state index in [9.17, 15) is 13.2 Å². The number of carbonyl (C=O) groups is 1. The van der Waals surface area contributed by atoms with Crippen molar-refractivity contribution in [3.05, 3.63) is 90.1 Å². The highest BCUT2D eigenvalue weighted by Gasteiger charge is 2.19. The molecule has 4 aromatic rings. The first-order valence-corrected chi connectivity index (χ1v) is 13.3. The molecule has 36 heavy (non-hydrogen) atoms. The van der Waals surface area contributed by atoms with Crippen LogP contribution in [-0.2, 0) is 25.0 Å². The standard InChI is InChI=1S/C29H30N2O4S/c1-5-35-27(32)18-17-26-28(20-9-7-6-8-10-20)24-19-22(13-16-25(24)30-26)31-36(33,34)23-14-11-21(12-15-23)29(2,3)4/h6-19,30-31H,5H2,1-4H3. The van der Waals surface area contributed by atoms with Gasteiger partial charge in [-0.1, -0.05) is 63.2 Å². The third kappa shape index (κ3) is 5.52. The number of hydrogen-bond acceptors (Lipinski definition) is 4. The zero-order valence-corrected chi connectivity index (χ0v) is 21.6. The molecule has 0 bridgehead atoms. The van der Waals surface area contributed by atoms with Crippen LogP contribution in [0, 0.1) is 0 Å². The van der Waals surface area contributed by atoms with E-state index in [-0.39, 0.29) is 10.3 Å². The summed E-state index contributed by atoms with van der Waals surface area (Å²) >= 11 is 0. The monoisotopic (exact) mass is 502 g/mol. The Kier molecular flexibility index (Phi) is 7.04. The average molecular weight is 503 g/mol. The molecule has 0 saturated heterocycles. The van der Waals surface area contributed by atoms with Gasteiger partial charge in [-0.2, -0.15) is 0 Å². The number of aromatic nitrogens is 1. The molecule has 0 fully saturated rings. The van der Waals surface area contributed by atoms with Gasteiger partial charge in [-0.15, -0.1) is 0 Å². The number of ether oxygens (including phenoxy) is 1. The van der Waals surface area contributed by atoms with E-state index in [1.807, 2.05) is 48.5 Å². The fraction of sp³-hybridized carbons (Fsp3) is 0.207. The largest absolute Gasteiger partial charge is 0.463 e. The van der Waals surface area contributed by atoms with Crippen molar-refractivity contribution in [2.75, 3.05) is 11.3 Å². The first kappa shape index (κ1) is 25.3. The number of anilines is 1. The molecule has 0 aliphatic rings. The second-order valence-electron chi connectivity index (χ2n) is 9.51. The van der Waals surface area contributed by atoms with Crippen molar-refractivity contribution in [1.82, 2.24) is 4.98 Å². The predicted molar refractivity (Wildman–Crippen MR) is 145 cm³/mol. The summed E-state index contributed by atoms with van der Waals surface area (Å²) in [6, 6.07) is 22.0. The molecular weight excluding hydrogens is 472 g/mol. The van der Waals surface area contributed by atoms with E-state index in [1.54, 1.807) is 37.3 Å². The van der Waals surface area contributed by atoms with E-state index in [0.717, 1.165) is 33.3 Å². The third-order valence-corrected chi connectivity index (χ3v) is 7.24. The van der Waals surface area contributed by atoms with Gasteiger partial charge >= 0.3 is 5.97 Å². The van der Waals surface area contributed by atoms with E-state index in [2.05, 4.69) is 30.5 Å². The molecule has 3 aromatic carbocycles. The number of benzene rings is 3. The number of esters is 1. The molecule has 0 aliphatic heterocycles.